The summed E-state index contributed by atoms with van der Waals surface area (Å²) in [6, 6.07) is 5.77. The van der Waals surface area contributed by atoms with Gasteiger partial charge in [-0.15, -0.1) is 0 Å². The second kappa shape index (κ2) is 6.43. The molecule has 0 saturated carbocycles. The average Bonchev–Trinajstić information content (AvgIpc) is 2.78. The van der Waals surface area contributed by atoms with Gasteiger partial charge in [0, 0.05) is 18.2 Å². The van der Waals surface area contributed by atoms with Crippen molar-refractivity contribution < 1.29 is 13.9 Å². The summed E-state index contributed by atoms with van der Waals surface area (Å²) in [4.78, 5) is 4.33. The van der Waals surface area contributed by atoms with Crippen molar-refractivity contribution in [3.8, 4) is 11.5 Å². The summed E-state index contributed by atoms with van der Waals surface area (Å²) in [5.74, 6) is 3.15. The maximum atomic E-state index is 5.52. The van der Waals surface area contributed by atoms with Crippen LogP contribution in [0.15, 0.2) is 22.6 Å². The third kappa shape index (κ3) is 3.30. The Hall–Kier alpha value is -2.01. The number of aromatic nitrogens is 1. The van der Waals surface area contributed by atoms with Gasteiger partial charge in [-0.05, 0) is 19.9 Å². The van der Waals surface area contributed by atoms with Crippen LogP contribution in [0.1, 0.15) is 22.9 Å². The van der Waals surface area contributed by atoms with E-state index in [9.17, 15) is 0 Å². The highest BCUT2D eigenvalue weighted by atomic mass is 16.5. The van der Waals surface area contributed by atoms with Gasteiger partial charge in [0.15, 0.2) is 0 Å². The Bertz CT molecular complexity index is 559. The molecule has 0 amide bonds. The maximum Gasteiger partial charge on any atom is 0.208 e. The Morgan fingerprint density at radius 1 is 1.15 bits per heavy atom. The van der Waals surface area contributed by atoms with Gasteiger partial charge in [-0.3, -0.25) is 0 Å². The van der Waals surface area contributed by atoms with E-state index in [0.717, 1.165) is 28.5 Å². The Morgan fingerprint density at radius 3 is 2.55 bits per heavy atom. The smallest absolute Gasteiger partial charge is 0.208 e. The largest absolute Gasteiger partial charge is 0.497 e. The van der Waals surface area contributed by atoms with E-state index in [2.05, 4.69) is 10.3 Å². The first-order valence-corrected chi connectivity index (χ1v) is 6.48. The second-order valence-electron chi connectivity index (χ2n) is 4.53. The van der Waals surface area contributed by atoms with Gasteiger partial charge in [0.2, 0.25) is 5.89 Å². The molecule has 0 saturated heterocycles. The molecular formula is C15H20N2O3. The molecule has 0 unspecified atom stereocenters. The number of rotatable bonds is 6. The lowest BCUT2D eigenvalue weighted by Gasteiger charge is -2.10. The van der Waals surface area contributed by atoms with Crippen molar-refractivity contribution in [1.29, 1.82) is 0 Å². The molecule has 1 aromatic carbocycles. The third-order valence-electron chi connectivity index (χ3n) is 3.16. The predicted molar refractivity (Wildman–Crippen MR) is 76.1 cm³/mol. The van der Waals surface area contributed by atoms with Gasteiger partial charge in [0.1, 0.15) is 17.3 Å². The first-order chi connectivity index (χ1) is 9.63. The third-order valence-corrected chi connectivity index (χ3v) is 3.16. The molecule has 0 aliphatic carbocycles. The van der Waals surface area contributed by atoms with Crippen molar-refractivity contribution in [2.24, 2.45) is 0 Å². The summed E-state index contributed by atoms with van der Waals surface area (Å²) in [6.45, 7) is 5.12. The lowest BCUT2D eigenvalue weighted by Crippen LogP contribution is -2.13. The van der Waals surface area contributed by atoms with Crippen LogP contribution in [0.2, 0.25) is 0 Å². The number of aryl methyl sites for hydroxylation is 2. The molecule has 5 heteroatoms. The minimum Gasteiger partial charge on any atom is -0.497 e. The van der Waals surface area contributed by atoms with Crippen LogP contribution >= 0.6 is 0 Å². The van der Waals surface area contributed by atoms with E-state index in [4.69, 9.17) is 13.9 Å². The molecule has 1 heterocycles. The summed E-state index contributed by atoms with van der Waals surface area (Å²) in [6.07, 6.45) is 0. The van der Waals surface area contributed by atoms with Crippen molar-refractivity contribution in [2.75, 3.05) is 14.2 Å². The Kier molecular flexibility index (Phi) is 4.63. The number of methoxy groups -OCH3 is 2. The van der Waals surface area contributed by atoms with Crippen molar-refractivity contribution >= 4 is 0 Å². The quantitative estimate of drug-likeness (QED) is 0.879. The fourth-order valence-corrected chi connectivity index (χ4v) is 1.92. The molecule has 5 nitrogen and oxygen atoms in total. The van der Waals surface area contributed by atoms with E-state index < -0.39 is 0 Å². The van der Waals surface area contributed by atoms with Crippen LogP contribution in [0, 0.1) is 13.8 Å². The molecule has 0 radical (unpaired) electrons. The van der Waals surface area contributed by atoms with Gasteiger partial charge < -0.3 is 19.2 Å². The first kappa shape index (κ1) is 14.4. The fraction of sp³-hybridized carbons (Fsp3) is 0.400. The molecule has 0 aliphatic heterocycles. The summed E-state index contributed by atoms with van der Waals surface area (Å²) in [5.41, 5.74) is 2.00. The van der Waals surface area contributed by atoms with Gasteiger partial charge in [-0.25, -0.2) is 4.98 Å². The molecule has 2 aromatic rings. The number of nitrogens with zero attached hydrogens (tertiary/aromatic N) is 1. The lowest BCUT2D eigenvalue weighted by molar-refractivity contribution is 0.388. The van der Waals surface area contributed by atoms with Gasteiger partial charge in [0.25, 0.3) is 0 Å². The van der Waals surface area contributed by atoms with Gasteiger partial charge in [0.05, 0.1) is 26.5 Å². The van der Waals surface area contributed by atoms with Crippen LogP contribution in [0.5, 0.6) is 11.5 Å². The second-order valence-corrected chi connectivity index (χ2v) is 4.53. The van der Waals surface area contributed by atoms with E-state index in [1.54, 1.807) is 14.2 Å². The van der Waals surface area contributed by atoms with E-state index in [-0.39, 0.29) is 0 Å². The molecule has 0 bridgehead atoms. The topological polar surface area (TPSA) is 56.5 Å². The van der Waals surface area contributed by atoms with Crippen LogP contribution < -0.4 is 14.8 Å². The average molecular weight is 276 g/mol. The number of oxazole rings is 1. The van der Waals surface area contributed by atoms with Gasteiger partial charge in [-0.2, -0.15) is 0 Å². The summed E-state index contributed by atoms with van der Waals surface area (Å²) in [7, 11) is 3.29. The molecule has 1 N–H and O–H groups in total. The van der Waals surface area contributed by atoms with E-state index in [1.807, 2.05) is 32.0 Å². The Balaban J connectivity index is 1.96. The molecule has 20 heavy (non-hydrogen) atoms. The molecule has 0 atom stereocenters. The highest BCUT2D eigenvalue weighted by molar-refractivity contribution is 5.40. The summed E-state index contributed by atoms with van der Waals surface area (Å²) >= 11 is 0. The van der Waals surface area contributed by atoms with Crippen molar-refractivity contribution in [2.45, 2.75) is 26.9 Å². The zero-order chi connectivity index (χ0) is 14.5. The zero-order valence-corrected chi connectivity index (χ0v) is 12.3. The molecule has 0 spiro atoms. The van der Waals surface area contributed by atoms with Crippen LogP contribution in [0.25, 0.3) is 0 Å². The molecule has 0 fully saturated rings. The Labute approximate surface area is 118 Å². The van der Waals surface area contributed by atoms with Gasteiger partial charge in [-0.1, -0.05) is 6.07 Å². The number of hydrogen-bond donors (Lipinski definition) is 1. The predicted octanol–water partition coefficient (Wildman–Crippen LogP) is 2.60. The first-order valence-electron chi connectivity index (χ1n) is 6.48. The molecular weight excluding hydrogens is 256 g/mol. The minimum absolute atomic E-state index is 0.587. The molecule has 0 aliphatic rings. The fourth-order valence-electron chi connectivity index (χ4n) is 1.92. The van der Waals surface area contributed by atoms with Crippen LogP contribution in [-0.4, -0.2) is 19.2 Å². The highest BCUT2D eigenvalue weighted by Gasteiger charge is 2.07. The molecule has 2 rings (SSSR count). The van der Waals surface area contributed by atoms with Crippen molar-refractivity contribution in [3.05, 3.63) is 41.1 Å². The van der Waals surface area contributed by atoms with Crippen LogP contribution in [0.4, 0.5) is 0 Å². The zero-order valence-electron chi connectivity index (χ0n) is 12.3. The number of ether oxygens (including phenoxy) is 2. The Morgan fingerprint density at radius 2 is 1.95 bits per heavy atom. The monoisotopic (exact) mass is 276 g/mol. The van der Waals surface area contributed by atoms with Crippen LogP contribution in [-0.2, 0) is 13.1 Å². The summed E-state index contributed by atoms with van der Waals surface area (Å²) < 4.78 is 16.1. The summed E-state index contributed by atoms with van der Waals surface area (Å²) in [5, 5.41) is 3.29. The lowest BCUT2D eigenvalue weighted by atomic mass is 10.2. The van der Waals surface area contributed by atoms with Gasteiger partial charge >= 0.3 is 0 Å². The molecule has 1 aromatic heterocycles. The van der Waals surface area contributed by atoms with Crippen molar-refractivity contribution in [3.63, 3.8) is 0 Å². The van der Waals surface area contributed by atoms with E-state index in [0.29, 0.717) is 19.0 Å². The highest BCUT2D eigenvalue weighted by Crippen LogP contribution is 2.24. The van der Waals surface area contributed by atoms with E-state index in [1.165, 1.54) is 0 Å². The van der Waals surface area contributed by atoms with E-state index >= 15 is 0 Å². The van der Waals surface area contributed by atoms with Crippen molar-refractivity contribution in [1.82, 2.24) is 10.3 Å². The maximum absolute atomic E-state index is 5.52. The SMILES string of the molecule is COc1ccc(CNCc2nc(C)c(C)o2)c(OC)c1. The minimum atomic E-state index is 0.587. The number of hydrogen-bond acceptors (Lipinski definition) is 5. The molecule has 108 valence electrons. The number of benzene rings is 1. The number of nitrogens with one attached hydrogen (secondary N) is 1. The normalized spacial score (nSPS) is 10.6. The van der Waals surface area contributed by atoms with Crippen LogP contribution in [0.3, 0.4) is 0 Å². The standard InChI is InChI=1S/C15H20N2O3/c1-10-11(2)20-15(17-10)9-16-8-12-5-6-13(18-3)7-14(12)19-4/h5-7,16H,8-9H2,1-4H3.